The molecule has 0 bridgehead atoms. The number of hydrogen-bond donors (Lipinski definition) is 0. The molecule has 244 valence electrons. The SMILES string of the molecule is C=c1c2c(o/c1=C(/C=C\C)c1nc(-c3ccccc3)nc(-c3ccccc3)n1)C=CC1C2c2ccccc2N1c1cccc(-c2ccccc2)c1. The molecule has 0 saturated carbocycles. The molecule has 5 heteroatoms. The number of allylic oxidation sites excluding steroid dienone is 2. The van der Waals surface area contributed by atoms with Gasteiger partial charge in [-0.3, -0.25) is 0 Å². The van der Waals surface area contributed by atoms with Gasteiger partial charge in [0.2, 0.25) is 0 Å². The van der Waals surface area contributed by atoms with E-state index in [0.717, 1.165) is 38.9 Å². The zero-order chi connectivity index (χ0) is 34.3. The van der Waals surface area contributed by atoms with Crippen LogP contribution in [0.25, 0.3) is 52.1 Å². The third-order valence-corrected chi connectivity index (χ3v) is 9.75. The summed E-state index contributed by atoms with van der Waals surface area (Å²) in [5.41, 5.74) is 10.3. The first-order chi connectivity index (χ1) is 25.2. The number of aromatic nitrogens is 3. The topological polar surface area (TPSA) is 55.1 Å². The van der Waals surface area contributed by atoms with Gasteiger partial charge in [0.05, 0.1) is 11.6 Å². The normalized spacial score (nSPS) is 16.5. The van der Waals surface area contributed by atoms with Crippen LogP contribution in [0.2, 0.25) is 0 Å². The first kappa shape index (κ1) is 30.5. The van der Waals surface area contributed by atoms with Crippen molar-refractivity contribution in [2.24, 2.45) is 0 Å². The number of hydrogen-bond acceptors (Lipinski definition) is 5. The standard InChI is InChI=1S/C46H34N4O/c1-3-16-37(46-48-44(32-19-9-5-10-20-32)47-45(49-46)33-21-11-6-12-22-33)43-30(2)41-40(51-43)28-27-39-42(41)36-25-13-14-26-38(36)50(39)35-24-15-23-34(29-35)31-17-7-4-8-18-31/h3-29,39,42H,2H2,1H3/b16-3-,43-37-. The van der Waals surface area contributed by atoms with Crippen LogP contribution >= 0.6 is 0 Å². The molecule has 9 rings (SSSR count). The maximum absolute atomic E-state index is 6.78. The fourth-order valence-electron chi connectivity index (χ4n) is 7.48. The summed E-state index contributed by atoms with van der Waals surface area (Å²) in [5.74, 6) is 2.57. The fraction of sp³-hybridized carbons (Fsp3) is 0.0652. The Morgan fingerprint density at radius 3 is 1.96 bits per heavy atom. The van der Waals surface area contributed by atoms with Crippen molar-refractivity contribution in [2.75, 3.05) is 4.90 Å². The summed E-state index contributed by atoms with van der Waals surface area (Å²) < 4.78 is 6.78. The lowest BCUT2D eigenvalue weighted by atomic mass is 9.83. The Balaban J connectivity index is 1.21. The summed E-state index contributed by atoms with van der Waals surface area (Å²) in [4.78, 5) is 17.4. The molecule has 7 aromatic rings. The summed E-state index contributed by atoms with van der Waals surface area (Å²) in [7, 11) is 0. The Morgan fingerprint density at radius 2 is 1.29 bits per heavy atom. The Morgan fingerprint density at radius 1 is 0.686 bits per heavy atom. The van der Waals surface area contributed by atoms with Gasteiger partial charge in [-0.05, 0) is 47.9 Å². The van der Waals surface area contributed by atoms with Gasteiger partial charge >= 0.3 is 0 Å². The van der Waals surface area contributed by atoms with E-state index in [2.05, 4.69) is 95.9 Å². The second-order valence-corrected chi connectivity index (χ2v) is 12.8. The summed E-state index contributed by atoms with van der Waals surface area (Å²) in [6, 6.07) is 48.2. The van der Waals surface area contributed by atoms with Crippen molar-refractivity contribution in [2.45, 2.75) is 18.9 Å². The van der Waals surface area contributed by atoms with Gasteiger partial charge in [-0.25, -0.2) is 15.0 Å². The largest absolute Gasteiger partial charge is 0.456 e. The molecule has 51 heavy (non-hydrogen) atoms. The van der Waals surface area contributed by atoms with Crippen molar-refractivity contribution in [3.05, 3.63) is 191 Å². The average Bonchev–Trinajstić information content (AvgIpc) is 3.72. The van der Waals surface area contributed by atoms with E-state index in [-0.39, 0.29) is 12.0 Å². The third-order valence-electron chi connectivity index (χ3n) is 9.75. The summed E-state index contributed by atoms with van der Waals surface area (Å²) >= 11 is 0. The molecule has 2 unspecified atom stereocenters. The van der Waals surface area contributed by atoms with Gasteiger partial charge in [0.25, 0.3) is 0 Å². The van der Waals surface area contributed by atoms with Gasteiger partial charge in [-0.2, -0.15) is 0 Å². The van der Waals surface area contributed by atoms with Gasteiger partial charge in [-0.15, -0.1) is 0 Å². The van der Waals surface area contributed by atoms with E-state index in [1.54, 1.807) is 0 Å². The number of anilines is 2. The van der Waals surface area contributed by atoms with E-state index in [0.29, 0.717) is 22.9 Å². The molecule has 1 aliphatic heterocycles. The Labute approximate surface area is 297 Å². The van der Waals surface area contributed by atoms with E-state index in [1.165, 1.54) is 22.4 Å². The molecule has 0 radical (unpaired) electrons. The first-order valence-electron chi connectivity index (χ1n) is 17.3. The highest BCUT2D eigenvalue weighted by Crippen LogP contribution is 2.50. The maximum atomic E-state index is 6.78. The quantitative estimate of drug-likeness (QED) is 0.178. The number of fused-ring (bicyclic) bond motifs is 5. The van der Waals surface area contributed by atoms with Crippen LogP contribution in [0, 0.1) is 0 Å². The van der Waals surface area contributed by atoms with Gasteiger partial charge in [0.1, 0.15) is 11.2 Å². The molecular formula is C46H34N4O. The smallest absolute Gasteiger partial charge is 0.167 e. The molecule has 3 heterocycles. The highest BCUT2D eigenvalue weighted by molar-refractivity contribution is 5.81. The molecular weight excluding hydrogens is 625 g/mol. The molecule has 5 nitrogen and oxygen atoms in total. The van der Waals surface area contributed by atoms with Crippen molar-refractivity contribution >= 4 is 29.6 Å². The van der Waals surface area contributed by atoms with Crippen LogP contribution in [0.5, 0.6) is 0 Å². The summed E-state index contributed by atoms with van der Waals surface area (Å²) in [5, 5.41) is 0.843. The van der Waals surface area contributed by atoms with Crippen LogP contribution < -0.4 is 15.5 Å². The molecule has 0 amide bonds. The molecule has 0 fully saturated rings. The maximum Gasteiger partial charge on any atom is 0.167 e. The monoisotopic (exact) mass is 658 g/mol. The predicted octanol–water partition coefficient (Wildman–Crippen LogP) is 9.33. The Kier molecular flexibility index (Phi) is 7.59. The van der Waals surface area contributed by atoms with Crippen molar-refractivity contribution < 1.29 is 4.42 Å². The van der Waals surface area contributed by atoms with E-state index in [4.69, 9.17) is 25.9 Å². The lowest BCUT2D eigenvalue weighted by Crippen LogP contribution is -2.34. The molecule has 2 aromatic heterocycles. The fourth-order valence-corrected chi connectivity index (χ4v) is 7.48. The van der Waals surface area contributed by atoms with Gasteiger partial charge < -0.3 is 9.32 Å². The lowest BCUT2D eigenvalue weighted by Gasteiger charge is -2.30. The van der Waals surface area contributed by atoms with Crippen molar-refractivity contribution in [1.82, 2.24) is 15.0 Å². The van der Waals surface area contributed by atoms with Gasteiger partial charge in [-0.1, -0.05) is 146 Å². The second kappa shape index (κ2) is 12.7. The number of benzene rings is 5. The minimum atomic E-state index is 0.0246. The summed E-state index contributed by atoms with van der Waals surface area (Å²) in [6.45, 7) is 6.69. The predicted molar refractivity (Wildman–Crippen MR) is 207 cm³/mol. The second-order valence-electron chi connectivity index (χ2n) is 12.8. The van der Waals surface area contributed by atoms with Crippen LogP contribution in [-0.4, -0.2) is 21.0 Å². The number of furan rings is 1. The number of rotatable bonds is 6. The molecule has 0 N–H and O–H groups in total. The summed E-state index contributed by atoms with van der Waals surface area (Å²) in [6.07, 6.45) is 8.40. The Bertz CT molecular complexity index is 2510. The molecule has 0 saturated heterocycles. The number of nitrogens with zero attached hydrogens (tertiary/aromatic N) is 4. The van der Waals surface area contributed by atoms with Crippen molar-refractivity contribution in [1.29, 1.82) is 0 Å². The molecule has 2 atom stereocenters. The van der Waals surface area contributed by atoms with Gasteiger partial charge in [0, 0.05) is 39.2 Å². The van der Waals surface area contributed by atoms with Crippen LogP contribution in [0.15, 0.2) is 162 Å². The molecule has 2 aliphatic rings. The minimum Gasteiger partial charge on any atom is -0.456 e. The zero-order valence-corrected chi connectivity index (χ0v) is 28.1. The highest BCUT2D eigenvalue weighted by Gasteiger charge is 2.43. The Hall–Kier alpha value is -6.59. The van der Waals surface area contributed by atoms with E-state index in [1.807, 2.05) is 79.7 Å². The van der Waals surface area contributed by atoms with Gasteiger partial charge in [0.15, 0.2) is 17.5 Å². The van der Waals surface area contributed by atoms with E-state index in [9.17, 15) is 0 Å². The first-order valence-corrected chi connectivity index (χ1v) is 17.3. The van der Waals surface area contributed by atoms with E-state index < -0.39 is 0 Å². The zero-order valence-electron chi connectivity index (χ0n) is 28.1. The van der Waals surface area contributed by atoms with E-state index >= 15 is 0 Å². The highest BCUT2D eigenvalue weighted by atomic mass is 16.3. The third kappa shape index (κ3) is 5.31. The average molecular weight is 659 g/mol. The molecule has 1 aliphatic carbocycles. The van der Waals surface area contributed by atoms with Crippen LogP contribution in [0.3, 0.4) is 0 Å². The van der Waals surface area contributed by atoms with Crippen LogP contribution in [-0.2, 0) is 0 Å². The lowest BCUT2D eigenvalue weighted by molar-refractivity contribution is 0.512. The van der Waals surface area contributed by atoms with Crippen LogP contribution in [0.4, 0.5) is 11.4 Å². The molecule has 5 aromatic carbocycles. The van der Waals surface area contributed by atoms with Crippen LogP contribution in [0.1, 0.15) is 35.6 Å². The van der Waals surface area contributed by atoms with Crippen molar-refractivity contribution in [3.63, 3.8) is 0 Å². The molecule has 0 spiro atoms. The van der Waals surface area contributed by atoms with Crippen molar-refractivity contribution in [3.8, 4) is 33.9 Å². The minimum absolute atomic E-state index is 0.0246. The number of para-hydroxylation sites is 1.